The number of nitrogens with zero attached hydrogens (tertiary/aromatic N) is 1. The summed E-state index contributed by atoms with van der Waals surface area (Å²) >= 11 is 0. The molecule has 1 unspecified atom stereocenters. The molecule has 0 saturated carbocycles. The van der Waals surface area contributed by atoms with E-state index < -0.39 is 6.04 Å². The zero-order valence-electron chi connectivity index (χ0n) is 7.53. The Morgan fingerprint density at radius 3 is 2.86 bits per heavy atom. The Labute approximate surface area is 81.3 Å². The smallest absolute Gasteiger partial charge is 0.268 e. The first-order valence-electron chi connectivity index (χ1n) is 4.39. The number of hydrogen-bond acceptors (Lipinski definition) is 3. The first kappa shape index (κ1) is 9.03. The molecule has 2 rings (SSSR count). The number of terminal acetylenes is 1. The summed E-state index contributed by atoms with van der Waals surface area (Å²) in [6.07, 6.45) is 5.56. The normalized spacial score (nSPS) is 31.8. The van der Waals surface area contributed by atoms with Crippen LogP contribution in [0.25, 0.3) is 0 Å². The molecule has 0 aliphatic carbocycles. The van der Waals surface area contributed by atoms with E-state index in [0.717, 1.165) is 0 Å². The Balaban J connectivity index is 2.09. The topological polar surface area (TPSA) is 58.6 Å². The quantitative estimate of drug-likeness (QED) is 0.539. The average molecular weight is 194 g/mol. The highest BCUT2D eigenvalue weighted by Crippen LogP contribution is 2.20. The van der Waals surface area contributed by atoms with Gasteiger partial charge in [-0.05, 0) is 0 Å². The third kappa shape index (κ3) is 1.34. The van der Waals surface area contributed by atoms with Crippen molar-refractivity contribution in [3.63, 3.8) is 0 Å². The molecular formula is C9H10N2O3. The van der Waals surface area contributed by atoms with E-state index in [1.807, 2.05) is 0 Å². The fourth-order valence-corrected chi connectivity index (χ4v) is 1.71. The van der Waals surface area contributed by atoms with E-state index in [1.54, 1.807) is 0 Å². The lowest BCUT2D eigenvalue weighted by atomic mass is 10.1. The van der Waals surface area contributed by atoms with Gasteiger partial charge < -0.3 is 4.90 Å². The van der Waals surface area contributed by atoms with Crippen LogP contribution in [0, 0.1) is 18.3 Å². The number of amides is 2. The van der Waals surface area contributed by atoms with Crippen molar-refractivity contribution >= 4 is 11.8 Å². The van der Waals surface area contributed by atoms with E-state index in [-0.39, 0.29) is 24.3 Å². The maximum atomic E-state index is 11.5. The molecule has 0 aromatic carbocycles. The first-order valence-corrected chi connectivity index (χ1v) is 4.39. The fraction of sp³-hybridized carbons (Fsp3) is 0.556. The molecule has 5 nitrogen and oxygen atoms in total. The number of rotatable bonds is 1. The standard InChI is InChI=1S/C9H10N2O3/c1-2-6-3-8(12)11(4-6)7-5-14-10-9(7)13/h1,6-7H,3-5H2,(H,10,13)/t6?,7-/m0/s1. The number of nitrogens with one attached hydrogen (secondary N) is 1. The molecule has 74 valence electrons. The Kier molecular flexibility index (Phi) is 2.14. The van der Waals surface area contributed by atoms with Gasteiger partial charge >= 0.3 is 0 Å². The lowest BCUT2D eigenvalue weighted by Crippen LogP contribution is -2.43. The van der Waals surface area contributed by atoms with Crippen molar-refractivity contribution in [2.45, 2.75) is 12.5 Å². The van der Waals surface area contributed by atoms with Crippen LogP contribution < -0.4 is 5.48 Å². The van der Waals surface area contributed by atoms with Gasteiger partial charge in [-0.2, -0.15) is 0 Å². The van der Waals surface area contributed by atoms with Crippen LogP contribution in [0.3, 0.4) is 0 Å². The van der Waals surface area contributed by atoms with Gasteiger partial charge in [-0.15, -0.1) is 12.3 Å². The van der Waals surface area contributed by atoms with Crippen molar-refractivity contribution in [2.75, 3.05) is 13.2 Å². The molecule has 2 fully saturated rings. The lowest BCUT2D eigenvalue weighted by molar-refractivity contribution is -0.135. The van der Waals surface area contributed by atoms with Crippen LogP contribution in [0.15, 0.2) is 0 Å². The van der Waals surface area contributed by atoms with Crippen molar-refractivity contribution in [2.24, 2.45) is 5.92 Å². The Bertz CT molecular complexity index is 321. The van der Waals surface area contributed by atoms with E-state index in [0.29, 0.717) is 13.0 Å². The molecule has 1 N–H and O–H groups in total. The Morgan fingerprint density at radius 2 is 2.36 bits per heavy atom. The largest absolute Gasteiger partial charge is 0.327 e. The number of carbonyl (C=O) groups excluding carboxylic acids is 2. The van der Waals surface area contributed by atoms with Crippen molar-refractivity contribution in [3.05, 3.63) is 0 Å². The maximum absolute atomic E-state index is 11.5. The van der Waals surface area contributed by atoms with Gasteiger partial charge in [0, 0.05) is 18.9 Å². The summed E-state index contributed by atoms with van der Waals surface area (Å²) in [4.78, 5) is 28.9. The first-order chi connectivity index (χ1) is 6.72. The maximum Gasteiger partial charge on any atom is 0.268 e. The third-order valence-corrected chi connectivity index (χ3v) is 2.49. The number of hydrogen-bond donors (Lipinski definition) is 1. The summed E-state index contributed by atoms with van der Waals surface area (Å²) in [5, 5.41) is 0. The van der Waals surface area contributed by atoms with E-state index in [9.17, 15) is 9.59 Å². The zero-order chi connectivity index (χ0) is 10.1. The summed E-state index contributed by atoms with van der Waals surface area (Å²) in [6, 6.07) is -0.499. The van der Waals surface area contributed by atoms with Gasteiger partial charge in [0.1, 0.15) is 12.6 Å². The molecule has 2 saturated heterocycles. The lowest BCUT2D eigenvalue weighted by Gasteiger charge is -2.19. The van der Waals surface area contributed by atoms with Crippen molar-refractivity contribution < 1.29 is 14.4 Å². The van der Waals surface area contributed by atoms with Gasteiger partial charge in [-0.3, -0.25) is 14.4 Å². The second-order valence-corrected chi connectivity index (χ2v) is 3.41. The summed E-state index contributed by atoms with van der Waals surface area (Å²) < 4.78 is 0. The predicted octanol–water partition coefficient (Wildman–Crippen LogP) is -1.10. The highest BCUT2D eigenvalue weighted by atomic mass is 16.7. The SMILES string of the molecule is C#CC1CC(=O)N([C@H]2CONC2=O)C1. The van der Waals surface area contributed by atoms with Crippen LogP contribution in [0.5, 0.6) is 0 Å². The molecule has 2 heterocycles. The van der Waals surface area contributed by atoms with Crippen LogP contribution in [-0.2, 0) is 14.4 Å². The summed E-state index contributed by atoms with van der Waals surface area (Å²) in [5.74, 6) is 2.12. The van der Waals surface area contributed by atoms with E-state index in [4.69, 9.17) is 11.3 Å². The average Bonchev–Trinajstić information content (AvgIpc) is 2.72. The molecule has 2 aliphatic rings. The van der Waals surface area contributed by atoms with E-state index in [2.05, 4.69) is 11.4 Å². The van der Waals surface area contributed by atoms with E-state index >= 15 is 0 Å². The van der Waals surface area contributed by atoms with Crippen molar-refractivity contribution in [1.29, 1.82) is 0 Å². The molecule has 2 aliphatic heterocycles. The highest BCUT2D eigenvalue weighted by Gasteiger charge is 2.39. The summed E-state index contributed by atoms with van der Waals surface area (Å²) in [6.45, 7) is 0.665. The minimum absolute atomic E-state index is 0.0707. The Morgan fingerprint density at radius 1 is 1.57 bits per heavy atom. The second kappa shape index (κ2) is 3.31. The number of hydroxylamine groups is 1. The molecule has 0 bridgehead atoms. The monoisotopic (exact) mass is 194 g/mol. The fourth-order valence-electron chi connectivity index (χ4n) is 1.71. The number of likely N-dealkylation sites (tertiary alicyclic amines) is 1. The molecule has 5 heteroatoms. The molecule has 0 radical (unpaired) electrons. The van der Waals surface area contributed by atoms with Crippen molar-refractivity contribution in [3.8, 4) is 12.3 Å². The van der Waals surface area contributed by atoms with Gasteiger partial charge in [-0.1, -0.05) is 0 Å². The van der Waals surface area contributed by atoms with E-state index in [1.165, 1.54) is 4.90 Å². The van der Waals surface area contributed by atoms with Gasteiger partial charge in [0.15, 0.2) is 0 Å². The minimum Gasteiger partial charge on any atom is -0.327 e. The molecular weight excluding hydrogens is 184 g/mol. The predicted molar refractivity (Wildman–Crippen MR) is 46.5 cm³/mol. The minimum atomic E-state index is -0.499. The summed E-state index contributed by atoms with van der Waals surface area (Å²) in [7, 11) is 0. The molecule has 2 amide bonds. The van der Waals surface area contributed by atoms with Crippen LogP contribution >= 0.6 is 0 Å². The van der Waals surface area contributed by atoms with Crippen molar-refractivity contribution in [1.82, 2.24) is 10.4 Å². The van der Waals surface area contributed by atoms with Crippen LogP contribution in [0.2, 0.25) is 0 Å². The van der Waals surface area contributed by atoms with Gasteiger partial charge in [-0.25, -0.2) is 5.48 Å². The molecule has 0 aromatic heterocycles. The number of carbonyl (C=O) groups is 2. The van der Waals surface area contributed by atoms with Gasteiger partial charge in [0.05, 0.1) is 0 Å². The van der Waals surface area contributed by atoms with Gasteiger partial charge in [0.25, 0.3) is 5.91 Å². The zero-order valence-corrected chi connectivity index (χ0v) is 7.53. The molecule has 14 heavy (non-hydrogen) atoms. The van der Waals surface area contributed by atoms with Gasteiger partial charge in [0.2, 0.25) is 5.91 Å². The summed E-state index contributed by atoms with van der Waals surface area (Å²) in [5.41, 5.74) is 2.22. The molecule has 2 atom stereocenters. The highest BCUT2D eigenvalue weighted by molar-refractivity contribution is 5.89. The van der Waals surface area contributed by atoms with Crippen LogP contribution in [-0.4, -0.2) is 35.9 Å². The Hall–Kier alpha value is -1.54. The van der Waals surface area contributed by atoms with Crippen LogP contribution in [0.4, 0.5) is 0 Å². The van der Waals surface area contributed by atoms with Crippen LogP contribution in [0.1, 0.15) is 6.42 Å². The molecule has 0 spiro atoms. The molecule has 0 aromatic rings. The second-order valence-electron chi connectivity index (χ2n) is 3.41. The third-order valence-electron chi connectivity index (χ3n) is 2.49.